The third kappa shape index (κ3) is 3.44. The molecule has 0 bridgehead atoms. The second-order valence-corrected chi connectivity index (χ2v) is 14.7. The highest BCUT2D eigenvalue weighted by Crippen LogP contribution is 2.58. The number of aromatic nitrogens is 4. The van der Waals surface area contributed by atoms with E-state index in [1.54, 1.807) is 0 Å². The fourth-order valence-corrected chi connectivity index (χ4v) is 10.3. The lowest BCUT2D eigenvalue weighted by atomic mass is 9.77. The maximum atomic E-state index is 5.05. The van der Waals surface area contributed by atoms with Crippen LogP contribution < -0.4 is 0 Å². The van der Waals surface area contributed by atoms with Gasteiger partial charge in [0, 0.05) is 65.6 Å². The first kappa shape index (κ1) is 27.5. The number of hydrogen-bond acceptors (Lipinski definition) is 2. The molecule has 3 aromatic heterocycles. The lowest BCUT2D eigenvalue weighted by Crippen LogP contribution is -2.38. The van der Waals surface area contributed by atoms with Crippen LogP contribution in [0.15, 0.2) is 180 Å². The van der Waals surface area contributed by atoms with Crippen LogP contribution >= 0.6 is 11.8 Å². The Labute approximate surface area is 297 Å². The molecule has 7 aromatic carbocycles. The van der Waals surface area contributed by atoms with E-state index in [4.69, 9.17) is 5.10 Å². The van der Waals surface area contributed by atoms with Gasteiger partial charge in [0.2, 0.25) is 0 Å². The molecule has 1 spiro atoms. The van der Waals surface area contributed by atoms with E-state index in [0.717, 1.165) is 17.1 Å². The van der Waals surface area contributed by atoms with Gasteiger partial charge < -0.3 is 9.13 Å². The molecule has 1 unspecified atom stereocenters. The summed E-state index contributed by atoms with van der Waals surface area (Å²) >= 11 is 1.86. The van der Waals surface area contributed by atoms with Crippen molar-refractivity contribution in [2.24, 2.45) is 0 Å². The molecule has 0 saturated heterocycles. The van der Waals surface area contributed by atoms with E-state index in [-0.39, 0.29) is 0 Å². The van der Waals surface area contributed by atoms with Gasteiger partial charge >= 0.3 is 0 Å². The SMILES string of the molecule is c1ccc2c(c1)Sc1ccc(-n3c4ccccc4c4cc(-n5c6ccccc6c6ccccc65)ccc43)cc1C21c2ccccc2-c2ccnn21. The van der Waals surface area contributed by atoms with Crippen LogP contribution in [0.1, 0.15) is 16.7 Å². The standard InChI is InChI=1S/C46H28N4S/c1-5-15-36-34(14-1)43-25-26-47-50(43)46(36)37-16-6-10-20-44(37)51-45-24-22-30(28-38(45)46)49-41-19-9-4-13-33(41)35-27-29(21-23-42(35)49)48-39-17-7-2-11-31(39)32-12-3-8-18-40(32)48/h1-28H. The Morgan fingerprint density at radius 1 is 0.431 bits per heavy atom. The van der Waals surface area contributed by atoms with Crippen molar-refractivity contribution in [3.05, 3.63) is 187 Å². The summed E-state index contributed by atoms with van der Waals surface area (Å²) in [6.45, 7) is 0. The summed E-state index contributed by atoms with van der Waals surface area (Å²) in [6.07, 6.45) is 1.95. The van der Waals surface area contributed by atoms with Gasteiger partial charge in [0.1, 0.15) is 5.54 Å². The summed E-state index contributed by atoms with van der Waals surface area (Å²) in [5, 5.41) is 10.1. The van der Waals surface area contributed by atoms with Crippen LogP contribution in [0.25, 0.3) is 66.2 Å². The minimum atomic E-state index is -0.578. The van der Waals surface area contributed by atoms with Crippen molar-refractivity contribution in [2.75, 3.05) is 0 Å². The molecular weight excluding hydrogens is 641 g/mol. The summed E-state index contributed by atoms with van der Waals surface area (Å²) in [6, 6.07) is 60.2. The van der Waals surface area contributed by atoms with E-state index >= 15 is 0 Å². The molecule has 10 aromatic rings. The van der Waals surface area contributed by atoms with Crippen LogP contribution in [0, 0.1) is 0 Å². The molecule has 5 heterocycles. The minimum Gasteiger partial charge on any atom is -0.309 e. The average molecular weight is 669 g/mol. The van der Waals surface area contributed by atoms with E-state index in [2.05, 4.69) is 178 Å². The molecule has 2 aliphatic heterocycles. The summed E-state index contributed by atoms with van der Waals surface area (Å²) in [5.74, 6) is 0. The van der Waals surface area contributed by atoms with Gasteiger partial charge in [-0.3, -0.25) is 0 Å². The third-order valence-corrected chi connectivity index (χ3v) is 12.3. The molecule has 1 atom stereocenters. The Balaban J connectivity index is 1.13. The highest BCUT2D eigenvalue weighted by atomic mass is 32.2. The Morgan fingerprint density at radius 3 is 1.73 bits per heavy atom. The zero-order valence-corrected chi connectivity index (χ0v) is 28.2. The van der Waals surface area contributed by atoms with Crippen molar-refractivity contribution < 1.29 is 0 Å². The van der Waals surface area contributed by atoms with Gasteiger partial charge in [-0.25, -0.2) is 4.68 Å². The van der Waals surface area contributed by atoms with Gasteiger partial charge in [0.15, 0.2) is 0 Å². The Hall–Kier alpha value is -6.30. The molecule has 51 heavy (non-hydrogen) atoms. The van der Waals surface area contributed by atoms with Gasteiger partial charge in [-0.1, -0.05) is 109 Å². The monoisotopic (exact) mass is 668 g/mol. The molecule has 0 amide bonds. The number of benzene rings is 7. The normalized spacial score (nSPS) is 15.8. The first-order valence-corrected chi connectivity index (χ1v) is 18.2. The summed E-state index contributed by atoms with van der Waals surface area (Å²) in [5.41, 5.74) is 12.7. The Morgan fingerprint density at radius 2 is 0.980 bits per heavy atom. The lowest BCUT2D eigenvalue weighted by molar-refractivity contribution is 0.467. The number of hydrogen-bond donors (Lipinski definition) is 0. The molecule has 0 saturated carbocycles. The predicted octanol–water partition coefficient (Wildman–Crippen LogP) is 11.4. The second-order valence-electron chi connectivity index (χ2n) is 13.6. The van der Waals surface area contributed by atoms with E-state index in [1.165, 1.54) is 75.7 Å². The maximum Gasteiger partial charge on any atom is 0.141 e. The third-order valence-electron chi connectivity index (χ3n) is 11.2. The molecule has 0 N–H and O–H groups in total. The molecule has 2 aliphatic rings. The highest BCUT2D eigenvalue weighted by molar-refractivity contribution is 7.99. The lowest BCUT2D eigenvalue weighted by Gasteiger charge is -2.39. The van der Waals surface area contributed by atoms with Crippen molar-refractivity contribution in [1.82, 2.24) is 18.9 Å². The number of fused-ring (bicyclic) bond motifs is 15. The van der Waals surface area contributed by atoms with E-state index in [9.17, 15) is 0 Å². The minimum absolute atomic E-state index is 0.578. The molecule has 5 heteroatoms. The molecule has 0 radical (unpaired) electrons. The average Bonchev–Trinajstić information content (AvgIpc) is 3.95. The predicted molar refractivity (Wildman–Crippen MR) is 209 cm³/mol. The maximum absolute atomic E-state index is 5.05. The molecule has 4 nitrogen and oxygen atoms in total. The van der Waals surface area contributed by atoms with E-state index in [1.807, 2.05) is 18.0 Å². The van der Waals surface area contributed by atoms with Gasteiger partial charge in [0.25, 0.3) is 0 Å². The quantitative estimate of drug-likeness (QED) is 0.183. The fourth-order valence-electron chi connectivity index (χ4n) is 9.15. The number of rotatable bonds is 2. The van der Waals surface area contributed by atoms with Gasteiger partial charge in [-0.05, 0) is 72.3 Å². The van der Waals surface area contributed by atoms with Gasteiger partial charge in [0.05, 0.1) is 27.8 Å². The summed E-state index contributed by atoms with van der Waals surface area (Å²) in [7, 11) is 0. The molecular formula is C46H28N4S. The highest BCUT2D eigenvalue weighted by Gasteiger charge is 2.51. The Bertz CT molecular complexity index is 3030. The molecule has 12 rings (SSSR count). The fraction of sp³-hybridized carbons (Fsp3) is 0.0217. The van der Waals surface area contributed by atoms with Gasteiger partial charge in [-0.2, -0.15) is 5.10 Å². The molecule has 0 aliphatic carbocycles. The van der Waals surface area contributed by atoms with Crippen molar-refractivity contribution in [1.29, 1.82) is 0 Å². The summed E-state index contributed by atoms with van der Waals surface area (Å²) in [4.78, 5) is 2.52. The zero-order chi connectivity index (χ0) is 33.3. The largest absolute Gasteiger partial charge is 0.309 e. The Kier molecular flexibility index (Phi) is 5.34. The van der Waals surface area contributed by atoms with Crippen LogP contribution in [0.3, 0.4) is 0 Å². The number of para-hydroxylation sites is 3. The van der Waals surface area contributed by atoms with E-state index < -0.39 is 5.54 Å². The topological polar surface area (TPSA) is 27.7 Å². The van der Waals surface area contributed by atoms with Crippen molar-refractivity contribution in [3.63, 3.8) is 0 Å². The van der Waals surface area contributed by atoms with Crippen LogP contribution in [-0.2, 0) is 5.54 Å². The summed E-state index contributed by atoms with van der Waals surface area (Å²) < 4.78 is 7.12. The van der Waals surface area contributed by atoms with Crippen LogP contribution in [0.2, 0.25) is 0 Å². The smallest absolute Gasteiger partial charge is 0.141 e. The van der Waals surface area contributed by atoms with Crippen LogP contribution in [0.5, 0.6) is 0 Å². The van der Waals surface area contributed by atoms with Crippen molar-refractivity contribution in [2.45, 2.75) is 15.3 Å². The first-order chi connectivity index (χ1) is 25.3. The number of nitrogens with zero attached hydrogens (tertiary/aromatic N) is 4. The first-order valence-electron chi connectivity index (χ1n) is 17.4. The van der Waals surface area contributed by atoms with Gasteiger partial charge in [-0.15, -0.1) is 0 Å². The molecule has 238 valence electrons. The molecule has 0 fully saturated rings. The van der Waals surface area contributed by atoms with Crippen LogP contribution in [-0.4, -0.2) is 18.9 Å². The van der Waals surface area contributed by atoms with Crippen molar-refractivity contribution >= 4 is 55.4 Å². The van der Waals surface area contributed by atoms with E-state index in [0.29, 0.717) is 0 Å². The zero-order valence-electron chi connectivity index (χ0n) is 27.4. The van der Waals surface area contributed by atoms with Crippen LogP contribution in [0.4, 0.5) is 0 Å². The van der Waals surface area contributed by atoms with Crippen molar-refractivity contribution in [3.8, 4) is 22.6 Å². The second kappa shape index (κ2) is 9.90.